The minimum Gasteiger partial charge on any atom is -0.397 e. The third-order valence-electron chi connectivity index (χ3n) is 2.40. The van der Waals surface area contributed by atoms with E-state index >= 15 is 0 Å². The first-order valence-electron chi connectivity index (χ1n) is 6.05. The van der Waals surface area contributed by atoms with Gasteiger partial charge in [0.15, 0.2) is 0 Å². The first-order valence-corrected chi connectivity index (χ1v) is 6.43. The highest BCUT2D eigenvalue weighted by molar-refractivity contribution is 6.31. The molecule has 0 saturated heterocycles. The molecule has 1 rings (SSSR count). The summed E-state index contributed by atoms with van der Waals surface area (Å²) in [6.45, 7) is 1.63. The number of halogens is 1. The molecule has 0 radical (unpaired) electrons. The molecule has 1 amide bonds. The number of rotatable bonds is 8. The van der Waals surface area contributed by atoms with E-state index in [-0.39, 0.29) is 12.3 Å². The van der Waals surface area contributed by atoms with Gasteiger partial charge in [0.05, 0.1) is 24.4 Å². The molecule has 0 atom stereocenters. The number of methoxy groups -OCH3 is 1. The number of ether oxygens (including phenoxy) is 2. The fraction of sp³-hybridized carbons (Fsp3) is 0.462. The molecular weight excluding hydrogens is 268 g/mol. The van der Waals surface area contributed by atoms with Crippen molar-refractivity contribution < 1.29 is 14.3 Å². The van der Waals surface area contributed by atoms with E-state index in [0.29, 0.717) is 36.2 Å². The number of nitrogens with one attached hydrogen (secondary N) is 1. The van der Waals surface area contributed by atoms with Gasteiger partial charge in [-0.25, -0.2) is 0 Å². The van der Waals surface area contributed by atoms with E-state index in [0.717, 1.165) is 6.42 Å². The molecule has 0 unspecified atom stereocenters. The van der Waals surface area contributed by atoms with Crippen LogP contribution >= 0.6 is 11.6 Å². The maximum atomic E-state index is 11.6. The summed E-state index contributed by atoms with van der Waals surface area (Å²) >= 11 is 5.77. The summed E-state index contributed by atoms with van der Waals surface area (Å²) in [7, 11) is 1.64. The van der Waals surface area contributed by atoms with Crippen LogP contribution in [0.5, 0.6) is 0 Å². The molecule has 0 aliphatic rings. The second-order valence-electron chi connectivity index (χ2n) is 3.99. The van der Waals surface area contributed by atoms with Crippen LogP contribution in [-0.2, 0) is 14.3 Å². The van der Waals surface area contributed by atoms with Gasteiger partial charge in [-0.05, 0) is 24.6 Å². The molecule has 1 aromatic rings. The van der Waals surface area contributed by atoms with Gasteiger partial charge in [-0.3, -0.25) is 4.79 Å². The number of nitrogen functional groups attached to an aromatic ring is 1. The maximum absolute atomic E-state index is 11.6. The summed E-state index contributed by atoms with van der Waals surface area (Å²) in [6, 6.07) is 4.95. The van der Waals surface area contributed by atoms with E-state index in [4.69, 9.17) is 26.8 Å². The van der Waals surface area contributed by atoms with Gasteiger partial charge >= 0.3 is 0 Å². The van der Waals surface area contributed by atoms with Crippen LogP contribution < -0.4 is 11.1 Å². The van der Waals surface area contributed by atoms with Crippen molar-refractivity contribution in [2.24, 2.45) is 0 Å². The number of carbonyl (C=O) groups excluding carboxylic acids is 1. The van der Waals surface area contributed by atoms with E-state index in [1.54, 1.807) is 25.3 Å². The van der Waals surface area contributed by atoms with Gasteiger partial charge in [0.25, 0.3) is 0 Å². The number of benzene rings is 1. The van der Waals surface area contributed by atoms with Crippen molar-refractivity contribution >= 4 is 28.9 Å². The Hall–Kier alpha value is -1.30. The first kappa shape index (κ1) is 15.8. The van der Waals surface area contributed by atoms with Crippen molar-refractivity contribution in [1.82, 2.24) is 0 Å². The molecular formula is C13H19ClN2O3. The second kappa shape index (κ2) is 8.74. The zero-order valence-corrected chi connectivity index (χ0v) is 11.7. The van der Waals surface area contributed by atoms with Crippen molar-refractivity contribution in [1.29, 1.82) is 0 Å². The standard InChI is InChI=1S/C13H19ClN2O3/c1-18-6-2-7-19-8-5-13(17)16-12-4-3-10(14)9-11(12)15/h3-4,9H,2,5-8,15H2,1H3,(H,16,17). The first-order chi connectivity index (χ1) is 9.13. The molecule has 0 bridgehead atoms. The Bertz CT molecular complexity index is 413. The van der Waals surface area contributed by atoms with Gasteiger partial charge in [-0.1, -0.05) is 11.6 Å². The number of amides is 1. The summed E-state index contributed by atoms with van der Waals surface area (Å²) in [5.74, 6) is -0.138. The minimum atomic E-state index is -0.138. The Morgan fingerprint density at radius 3 is 2.84 bits per heavy atom. The lowest BCUT2D eigenvalue weighted by Crippen LogP contribution is -2.15. The molecule has 0 aliphatic heterocycles. The third kappa shape index (κ3) is 6.42. The van der Waals surface area contributed by atoms with E-state index in [1.807, 2.05) is 0 Å². The Morgan fingerprint density at radius 2 is 2.16 bits per heavy atom. The molecule has 0 spiro atoms. The lowest BCUT2D eigenvalue weighted by atomic mass is 10.2. The predicted molar refractivity (Wildman–Crippen MR) is 76.4 cm³/mol. The molecule has 0 fully saturated rings. The van der Waals surface area contributed by atoms with Crippen molar-refractivity contribution in [3.63, 3.8) is 0 Å². The van der Waals surface area contributed by atoms with Crippen LogP contribution in [0.25, 0.3) is 0 Å². The summed E-state index contributed by atoms with van der Waals surface area (Å²) in [5, 5.41) is 3.25. The van der Waals surface area contributed by atoms with Crippen molar-refractivity contribution in [3.8, 4) is 0 Å². The van der Waals surface area contributed by atoms with Crippen molar-refractivity contribution in [2.75, 3.05) is 38.0 Å². The van der Waals surface area contributed by atoms with Gasteiger partial charge in [-0.15, -0.1) is 0 Å². The number of anilines is 2. The number of carbonyl (C=O) groups is 1. The van der Waals surface area contributed by atoms with Crippen LogP contribution in [0.15, 0.2) is 18.2 Å². The molecule has 0 saturated carbocycles. The smallest absolute Gasteiger partial charge is 0.226 e. The van der Waals surface area contributed by atoms with Gasteiger partial charge in [0, 0.05) is 25.3 Å². The lowest BCUT2D eigenvalue weighted by molar-refractivity contribution is -0.117. The molecule has 3 N–H and O–H groups in total. The normalized spacial score (nSPS) is 10.4. The predicted octanol–water partition coefficient (Wildman–Crippen LogP) is 2.30. The molecule has 0 aliphatic carbocycles. The number of hydrogen-bond donors (Lipinski definition) is 2. The van der Waals surface area contributed by atoms with E-state index in [2.05, 4.69) is 5.32 Å². The van der Waals surface area contributed by atoms with Crippen LogP contribution in [0.4, 0.5) is 11.4 Å². The molecule has 6 heteroatoms. The molecule has 1 aromatic carbocycles. The van der Waals surface area contributed by atoms with Crippen LogP contribution in [0.1, 0.15) is 12.8 Å². The van der Waals surface area contributed by atoms with Gasteiger partial charge < -0.3 is 20.5 Å². The Morgan fingerprint density at radius 1 is 1.37 bits per heavy atom. The third-order valence-corrected chi connectivity index (χ3v) is 2.63. The summed E-state index contributed by atoms with van der Waals surface area (Å²) in [6.07, 6.45) is 1.11. The molecule has 5 nitrogen and oxygen atoms in total. The van der Waals surface area contributed by atoms with Crippen LogP contribution in [0.2, 0.25) is 5.02 Å². The van der Waals surface area contributed by atoms with E-state index in [1.165, 1.54) is 0 Å². The van der Waals surface area contributed by atoms with E-state index < -0.39 is 0 Å². The Kier molecular flexibility index (Phi) is 7.25. The monoisotopic (exact) mass is 286 g/mol. The number of nitrogens with two attached hydrogens (primary N) is 1. The highest BCUT2D eigenvalue weighted by Gasteiger charge is 2.05. The summed E-state index contributed by atoms with van der Waals surface area (Å²) in [5.41, 5.74) is 6.74. The largest absolute Gasteiger partial charge is 0.397 e. The summed E-state index contributed by atoms with van der Waals surface area (Å²) < 4.78 is 10.2. The average molecular weight is 287 g/mol. The van der Waals surface area contributed by atoms with Crippen LogP contribution in [-0.4, -0.2) is 32.8 Å². The SMILES string of the molecule is COCCCOCCC(=O)Nc1ccc(Cl)cc1N. The average Bonchev–Trinajstić information content (AvgIpc) is 2.37. The van der Waals surface area contributed by atoms with Crippen LogP contribution in [0.3, 0.4) is 0 Å². The topological polar surface area (TPSA) is 73.6 Å². The van der Waals surface area contributed by atoms with Crippen molar-refractivity contribution in [3.05, 3.63) is 23.2 Å². The summed E-state index contributed by atoms with van der Waals surface area (Å²) in [4.78, 5) is 11.6. The number of hydrogen-bond acceptors (Lipinski definition) is 4. The molecule has 19 heavy (non-hydrogen) atoms. The fourth-order valence-corrected chi connectivity index (χ4v) is 1.61. The van der Waals surface area contributed by atoms with Crippen LogP contribution in [0, 0.1) is 0 Å². The minimum absolute atomic E-state index is 0.138. The molecule has 106 valence electrons. The molecule has 0 aromatic heterocycles. The fourth-order valence-electron chi connectivity index (χ4n) is 1.43. The molecule has 0 heterocycles. The quantitative estimate of drug-likeness (QED) is 0.568. The Labute approximate surface area is 118 Å². The van der Waals surface area contributed by atoms with Crippen molar-refractivity contribution in [2.45, 2.75) is 12.8 Å². The lowest BCUT2D eigenvalue weighted by Gasteiger charge is -2.08. The highest BCUT2D eigenvalue weighted by atomic mass is 35.5. The zero-order valence-electron chi connectivity index (χ0n) is 10.9. The van der Waals surface area contributed by atoms with Gasteiger partial charge in [0.1, 0.15) is 0 Å². The highest BCUT2D eigenvalue weighted by Crippen LogP contribution is 2.22. The van der Waals surface area contributed by atoms with Gasteiger partial charge in [0.2, 0.25) is 5.91 Å². The Balaban J connectivity index is 2.23. The maximum Gasteiger partial charge on any atom is 0.226 e. The van der Waals surface area contributed by atoms with Gasteiger partial charge in [-0.2, -0.15) is 0 Å². The zero-order chi connectivity index (χ0) is 14.1. The second-order valence-corrected chi connectivity index (χ2v) is 4.42. The van der Waals surface area contributed by atoms with E-state index in [9.17, 15) is 4.79 Å².